The fourth-order valence-corrected chi connectivity index (χ4v) is 3.87. The molecule has 5 rings (SSSR count). The first kappa shape index (κ1) is 17.4. The summed E-state index contributed by atoms with van der Waals surface area (Å²) >= 11 is 1.61. The van der Waals surface area contributed by atoms with E-state index in [-0.39, 0.29) is 0 Å². The van der Waals surface area contributed by atoms with E-state index in [9.17, 15) is 0 Å². The molecule has 0 saturated carbocycles. The van der Waals surface area contributed by atoms with Gasteiger partial charge in [0.25, 0.3) is 0 Å². The molecule has 144 valence electrons. The maximum Gasteiger partial charge on any atom is 0.229 e. The van der Waals surface area contributed by atoms with E-state index in [0.29, 0.717) is 12.6 Å². The van der Waals surface area contributed by atoms with Crippen molar-refractivity contribution in [2.45, 2.75) is 6.92 Å². The van der Waals surface area contributed by atoms with Gasteiger partial charge in [-0.2, -0.15) is 10.1 Å². The number of hydrogen-bond acceptors (Lipinski definition) is 7. The number of thiophene rings is 1. The van der Waals surface area contributed by atoms with E-state index >= 15 is 0 Å². The number of H-pyrrole nitrogens is 1. The fraction of sp³-hybridized carbons (Fsp3) is 0.0952. The quantitative estimate of drug-likeness (QED) is 0.350. The summed E-state index contributed by atoms with van der Waals surface area (Å²) in [4.78, 5) is 9.35. The van der Waals surface area contributed by atoms with Gasteiger partial charge in [-0.3, -0.25) is 5.10 Å². The Hall–Kier alpha value is -3.65. The molecular formula is C21H18N6OS. The second kappa shape index (κ2) is 7.40. The number of rotatable bonds is 6. The minimum atomic E-state index is 0.534. The van der Waals surface area contributed by atoms with Gasteiger partial charge in [-0.1, -0.05) is 0 Å². The number of ether oxygens (including phenoxy) is 1. The molecule has 3 N–H and O–H groups in total. The number of fused-ring (bicyclic) bond motifs is 2. The highest BCUT2D eigenvalue weighted by molar-refractivity contribution is 7.17. The Bertz CT molecular complexity index is 1280. The Morgan fingerprint density at radius 2 is 1.86 bits per heavy atom. The third-order valence-electron chi connectivity index (χ3n) is 4.43. The van der Waals surface area contributed by atoms with Crippen molar-refractivity contribution in [3.63, 3.8) is 0 Å². The van der Waals surface area contributed by atoms with Crippen LogP contribution >= 0.6 is 11.3 Å². The second-order valence-corrected chi connectivity index (χ2v) is 7.33. The standard InChI is InChI=1S/C21H18N6OS/c1-2-28-16-6-3-14(4-7-16)24-21-25-18-9-10-29-19(18)20(26-21)23-15-5-8-17-13(11-15)12-22-27-17/h3-12H,2H2,1H3,(H,22,27)(H2,23,24,25,26). The second-order valence-electron chi connectivity index (χ2n) is 6.41. The molecule has 8 heteroatoms. The van der Waals surface area contributed by atoms with Crippen LogP contribution < -0.4 is 15.4 Å². The number of aromatic amines is 1. The predicted octanol–water partition coefficient (Wildman–Crippen LogP) is 5.45. The molecular weight excluding hydrogens is 384 g/mol. The summed E-state index contributed by atoms with van der Waals surface area (Å²) in [5.74, 6) is 2.14. The molecule has 3 heterocycles. The van der Waals surface area contributed by atoms with Crippen molar-refractivity contribution in [3.8, 4) is 5.75 Å². The van der Waals surface area contributed by atoms with E-state index in [1.807, 2.05) is 60.8 Å². The average Bonchev–Trinajstić information content (AvgIpc) is 3.38. The Kier molecular flexibility index (Phi) is 4.45. The summed E-state index contributed by atoms with van der Waals surface area (Å²) in [5, 5.41) is 16.8. The maximum atomic E-state index is 5.49. The first-order valence-corrected chi connectivity index (χ1v) is 10.1. The normalized spacial score (nSPS) is 11.1. The zero-order chi connectivity index (χ0) is 19.6. The van der Waals surface area contributed by atoms with Crippen LogP contribution in [0.5, 0.6) is 5.75 Å². The van der Waals surface area contributed by atoms with Gasteiger partial charge in [0.15, 0.2) is 5.82 Å². The van der Waals surface area contributed by atoms with Crippen LogP contribution in [0.3, 0.4) is 0 Å². The number of nitrogens with one attached hydrogen (secondary N) is 3. The number of anilines is 4. The molecule has 0 aliphatic rings. The predicted molar refractivity (Wildman–Crippen MR) is 118 cm³/mol. The van der Waals surface area contributed by atoms with Gasteiger partial charge in [0.05, 0.1) is 28.5 Å². The lowest BCUT2D eigenvalue weighted by molar-refractivity contribution is 0.340. The summed E-state index contributed by atoms with van der Waals surface area (Å²) in [6.07, 6.45) is 1.81. The molecule has 0 bridgehead atoms. The molecule has 0 spiro atoms. The van der Waals surface area contributed by atoms with E-state index in [1.54, 1.807) is 17.5 Å². The molecule has 0 unspecified atom stereocenters. The lowest BCUT2D eigenvalue weighted by atomic mass is 10.2. The molecule has 0 radical (unpaired) electrons. The van der Waals surface area contributed by atoms with Gasteiger partial charge in [0.2, 0.25) is 5.95 Å². The van der Waals surface area contributed by atoms with Gasteiger partial charge in [-0.05, 0) is 60.8 Å². The lowest BCUT2D eigenvalue weighted by Gasteiger charge is -2.11. The van der Waals surface area contributed by atoms with Crippen molar-refractivity contribution in [2.75, 3.05) is 17.2 Å². The van der Waals surface area contributed by atoms with Crippen LogP contribution in [0.1, 0.15) is 6.92 Å². The molecule has 0 atom stereocenters. The number of benzene rings is 2. The van der Waals surface area contributed by atoms with Gasteiger partial charge in [-0.15, -0.1) is 11.3 Å². The smallest absolute Gasteiger partial charge is 0.229 e. The Morgan fingerprint density at radius 3 is 2.72 bits per heavy atom. The first-order valence-electron chi connectivity index (χ1n) is 9.24. The van der Waals surface area contributed by atoms with Crippen LogP contribution in [0.4, 0.5) is 23.1 Å². The van der Waals surface area contributed by atoms with E-state index in [2.05, 4.69) is 25.8 Å². The van der Waals surface area contributed by atoms with Crippen LogP contribution in [0.15, 0.2) is 60.1 Å². The summed E-state index contributed by atoms with van der Waals surface area (Å²) in [7, 11) is 0. The van der Waals surface area contributed by atoms with Crippen molar-refractivity contribution in [2.24, 2.45) is 0 Å². The summed E-state index contributed by atoms with van der Waals surface area (Å²) in [6, 6.07) is 15.8. The highest BCUT2D eigenvalue weighted by Crippen LogP contribution is 2.31. The van der Waals surface area contributed by atoms with Crippen molar-refractivity contribution < 1.29 is 4.74 Å². The van der Waals surface area contributed by atoms with Crippen molar-refractivity contribution in [1.82, 2.24) is 20.2 Å². The van der Waals surface area contributed by atoms with Gasteiger partial charge in [-0.25, -0.2) is 4.98 Å². The summed E-state index contributed by atoms with van der Waals surface area (Å²) < 4.78 is 6.50. The Labute approximate surface area is 170 Å². The fourth-order valence-electron chi connectivity index (χ4n) is 3.09. The molecule has 7 nitrogen and oxygen atoms in total. The molecule has 3 aromatic heterocycles. The van der Waals surface area contributed by atoms with E-state index in [1.165, 1.54) is 0 Å². The highest BCUT2D eigenvalue weighted by Gasteiger charge is 2.10. The Morgan fingerprint density at radius 1 is 1.00 bits per heavy atom. The highest BCUT2D eigenvalue weighted by atomic mass is 32.1. The topological polar surface area (TPSA) is 87.8 Å². The largest absolute Gasteiger partial charge is 0.494 e. The monoisotopic (exact) mass is 402 g/mol. The lowest BCUT2D eigenvalue weighted by Crippen LogP contribution is -2.01. The van der Waals surface area contributed by atoms with Crippen LogP contribution in [-0.2, 0) is 0 Å². The van der Waals surface area contributed by atoms with Crippen LogP contribution in [0.2, 0.25) is 0 Å². The minimum Gasteiger partial charge on any atom is -0.494 e. The minimum absolute atomic E-state index is 0.534. The van der Waals surface area contributed by atoms with Gasteiger partial charge in [0.1, 0.15) is 5.75 Å². The molecule has 29 heavy (non-hydrogen) atoms. The van der Waals surface area contributed by atoms with E-state index in [4.69, 9.17) is 9.72 Å². The molecule has 0 saturated heterocycles. The third kappa shape index (κ3) is 3.57. The molecule has 0 aliphatic heterocycles. The number of nitrogens with zero attached hydrogens (tertiary/aromatic N) is 3. The number of hydrogen-bond donors (Lipinski definition) is 3. The van der Waals surface area contributed by atoms with Crippen LogP contribution in [0, 0.1) is 0 Å². The van der Waals surface area contributed by atoms with Gasteiger partial charge < -0.3 is 15.4 Å². The van der Waals surface area contributed by atoms with E-state index in [0.717, 1.165) is 44.1 Å². The van der Waals surface area contributed by atoms with Gasteiger partial charge >= 0.3 is 0 Å². The molecule has 2 aromatic carbocycles. The summed E-state index contributed by atoms with van der Waals surface area (Å²) in [5.41, 5.74) is 3.73. The van der Waals surface area contributed by atoms with E-state index < -0.39 is 0 Å². The molecule has 0 aliphatic carbocycles. The molecule has 5 aromatic rings. The zero-order valence-corrected chi connectivity index (χ0v) is 16.5. The SMILES string of the molecule is CCOc1ccc(Nc2nc(Nc3ccc4[nH]ncc4c3)c3sccc3n2)cc1. The number of aromatic nitrogens is 4. The Balaban J connectivity index is 1.46. The molecule has 0 fully saturated rings. The average molecular weight is 402 g/mol. The molecule has 0 amide bonds. The van der Waals surface area contributed by atoms with Gasteiger partial charge in [0, 0.05) is 16.8 Å². The zero-order valence-electron chi connectivity index (χ0n) is 15.6. The summed E-state index contributed by atoms with van der Waals surface area (Å²) in [6.45, 7) is 2.61. The maximum absolute atomic E-state index is 5.49. The van der Waals surface area contributed by atoms with Crippen LogP contribution in [0.25, 0.3) is 21.1 Å². The van der Waals surface area contributed by atoms with Crippen molar-refractivity contribution >= 4 is 55.6 Å². The third-order valence-corrected chi connectivity index (χ3v) is 5.34. The van der Waals surface area contributed by atoms with Crippen LogP contribution in [-0.4, -0.2) is 26.8 Å². The van der Waals surface area contributed by atoms with Crippen molar-refractivity contribution in [1.29, 1.82) is 0 Å². The first-order chi connectivity index (χ1) is 14.3. The van der Waals surface area contributed by atoms with Crippen molar-refractivity contribution in [3.05, 3.63) is 60.1 Å².